The highest BCUT2D eigenvalue weighted by Crippen LogP contribution is 2.16. The van der Waals surface area contributed by atoms with Crippen molar-refractivity contribution in [3.63, 3.8) is 0 Å². The molecule has 0 aliphatic heterocycles. The lowest BCUT2D eigenvalue weighted by atomic mass is 10.2. The Morgan fingerprint density at radius 1 is 1.41 bits per heavy atom. The van der Waals surface area contributed by atoms with Crippen LogP contribution >= 0.6 is 11.3 Å². The first-order valence-corrected chi connectivity index (χ1v) is 6.39. The van der Waals surface area contributed by atoms with Gasteiger partial charge in [-0.05, 0) is 38.5 Å². The molecule has 0 spiro atoms. The second-order valence-corrected chi connectivity index (χ2v) is 5.10. The molecule has 0 bridgehead atoms. The summed E-state index contributed by atoms with van der Waals surface area (Å²) in [5.41, 5.74) is 8.60. The minimum Gasteiger partial charge on any atom is -0.375 e. The number of aromatic nitrogens is 3. The average Bonchev–Trinajstić information content (AvgIpc) is 2.82. The van der Waals surface area contributed by atoms with Gasteiger partial charge in [0.25, 0.3) is 0 Å². The SMILES string of the molecule is Cc1cn(C(C)C)nc1C=Cc1csc(N)n1. The number of anilines is 1. The van der Waals surface area contributed by atoms with Gasteiger partial charge in [-0.15, -0.1) is 11.3 Å². The van der Waals surface area contributed by atoms with Gasteiger partial charge in [-0.1, -0.05) is 0 Å². The third-order valence-electron chi connectivity index (χ3n) is 2.43. The number of nitrogens with zero attached hydrogens (tertiary/aromatic N) is 3. The van der Waals surface area contributed by atoms with Crippen LogP contribution in [0.1, 0.15) is 36.8 Å². The maximum Gasteiger partial charge on any atom is 0.180 e. The normalized spacial score (nSPS) is 11.8. The summed E-state index contributed by atoms with van der Waals surface area (Å²) in [7, 11) is 0. The van der Waals surface area contributed by atoms with E-state index in [1.807, 2.05) is 22.2 Å². The molecule has 0 saturated carbocycles. The van der Waals surface area contributed by atoms with Gasteiger partial charge in [-0.2, -0.15) is 5.10 Å². The van der Waals surface area contributed by atoms with Crippen LogP contribution in [0.3, 0.4) is 0 Å². The molecule has 90 valence electrons. The lowest BCUT2D eigenvalue weighted by Gasteiger charge is -2.02. The topological polar surface area (TPSA) is 56.7 Å². The number of hydrogen-bond acceptors (Lipinski definition) is 4. The van der Waals surface area contributed by atoms with Crippen molar-refractivity contribution in [2.24, 2.45) is 0 Å². The fourth-order valence-corrected chi connectivity index (χ4v) is 2.00. The Balaban J connectivity index is 2.21. The molecular weight excluding hydrogens is 232 g/mol. The third kappa shape index (κ3) is 2.74. The molecule has 17 heavy (non-hydrogen) atoms. The first kappa shape index (κ1) is 11.9. The molecule has 2 heterocycles. The Labute approximate surface area is 105 Å². The van der Waals surface area contributed by atoms with Crippen LogP contribution in [-0.2, 0) is 0 Å². The van der Waals surface area contributed by atoms with Crippen LogP contribution in [0.2, 0.25) is 0 Å². The zero-order chi connectivity index (χ0) is 12.4. The Kier molecular flexibility index (Phi) is 3.28. The Morgan fingerprint density at radius 3 is 2.71 bits per heavy atom. The van der Waals surface area contributed by atoms with Crippen molar-refractivity contribution in [3.05, 3.63) is 28.5 Å². The Morgan fingerprint density at radius 2 is 2.18 bits per heavy atom. The van der Waals surface area contributed by atoms with Crippen molar-refractivity contribution >= 4 is 28.6 Å². The van der Waals surface area contributed by atoms with Gasteiger partial charge in [-0.3, -0.25) is 4.68 Å². The highest BCUT2D eigenvalue weighted by molar-refractivity contribution is 7.13. The quantitative estimate of drug-likeness (QED) is 0.908. The van der Waals surface area contributed by atoms with Crippen LogP contribution < -0.4 is 5.73 Å². The van der Waals surface area contributed by atoms with Crippen molar-refractivity contribution < 1.29 is 0 Å². The highest BCUT2D eigenvalue weighted by Gasteiger charge is 2.04. The van der Waals surface area contributed by atoms with Crippen molar-refractivity contribution in [2.45, 2.75) is 26.8 Å². The van der Waals surface area contributed by atoms with E-state index in [1.54, 1.807) is 0 Å². The molecule has 0 fully saturated rings. The van der Waals surface area contributed by atoms with Gasteiger partial charge in [0.05, 0.1) is 11.4 Å². The van der Waals surface area contributed by atoms with Gasteiger partial charge in [0.2, 0.25) is 0 Å². The molecule has 0 radical (unpaired) electrons. The molecule has 0 aromatic carbocycles. The number of nitrogen functional groups attached to an aromatic ring is 1. The number of aryl methyl sites for hydroxylation is 1. The Bertz CT molecular complexity index is 536. The van der Waals surface area contributed by atoms with E-state index in [1.165, 1.54) is 11.3 Å². The van der Waals surface area contributed by atoms with Gasteiger partial charge in [0.15, 0.2) is 5.13 Å². The standard InChI is InChI=1S/C12H16N4S/c1-8(2)16-6-9(3)11(15-16)5-4-10-7-17-12(13)14-10/h4-8H,1-3H3,(H2,13,14). The molecule has 0 saturated heterocycles. The molecule has 0 atom stereocenters. The van der Waals surface area contributed by atoms with Crippen molar-refractivity contribution in [2.75, 3.05) is 5.73 Å². The van der Waals surface area contributed by atoms with Gasteiger partial charge in [-0.25, -0.2) is 4.98 Å². The molecule has 5 heteroatoms. The second kappa shape index (κ2) is 4.71. The van der Waals surface area contributed by atoms with E-state index < -0.39 is 0 Å². The summed E-state index contributed by atoms with van der Waals surface area (Å²) in [5, 5.41) is 7.03. The minimum absolute atomic E-state index is 0.380. The van der Waals surface area contributed by atoms with Crippen molar-refractivity contribution in [1.82, 2.24) is 14.8 Å². The summed E-state index contributed by atoms with van der Waals surface area (Å²) < 4.78 is 1.96. The van der Waals surface area contributed by atoms with Gasteiger partial charge < -0.3 is 5.73 Å². The largest absolute Gasteiger partial charge is 0.375 e. The van der Waals surface area contributed by atoms with Crippen molar-refractivity contribution in [1.29, 1.82) is 0 Å². The summed E-state index contributed by atoms with van der Waals surface area (Å²) in [6, 6.07) is 0.380. The van der Waals surface area contributed by atoms with Crippen LogP contribution in [0.5, 0.6) is 0 Å². The molecule has 0 amide bonds. The Hall–Kier alpha value is -1.62. The van der Waals surface area contributed by atoms with Crippen LogP contribution in [-0.4, -0.2) is 14.8 Å². The van der Waals surface area contributed by atoms with E-state index in [9.17, 15) is 0 Å². The molecule has 2 aromatic heterocycles. The van der Waals surface area contributed by atoms with Gasteiger partial charge in [0, 0.05) is 17.6 Å². The van der Waals surface area contributed by atoms with Crippen LogP contribution in [0, 0.1) is 6.92 Å². The average molecular weight is 248 g/mol. The van der Waals surface area contributed by atoms with Crippen LogP contribution in [0.25, 0.3) is 12.2 Å². The molecule has 0 aliphatic carbocycles. The lowest BCUT2D eigenvalue weighted by Crippen LogP contribution is -2.00. The van der Waals surface area contributed by atoms with Gasteiger partial charge >= 0.3 is 0 Å². The van der Waals surface area contributed by atoms with Gasteiger partial charge in [0.1, 0.15) is 0 Å². The highest BCUT2D eigenvalue weighted by atomic mass is 32.1. The molecular formula is C12H16N4S. The molecule has 2 N–H and O–H groups in total. The number of thiazole rings is 1. The van der Waals surface area contributed by atoms with E-state index in [4.69, 9.17) is 5.73 Å². The fraction of sp³-hybridized carbons (Fsp3) is 0.333. The monoisotopic (exact) mass is 248 g/mol. The van der Waals surface area contributed by atoms with Crippen LogP contribution in [0.15, 0.2) is 11.6 Å². The fourth-order valence-electron chi connectivity index (χ4n) is 1.47. The summed E-state index contributed by atoms with van der Waals surface area (Å²) in [5.74, 6) is 0. The summed E-state index contributed by atoms with van der Waals surface area (Å²) in [6.07, 6.45) is 5.97. The van der Waals surface area contributed by atoms with E-state index >= 15 is 0 Å². The zero-order valence-electron chi connectivity index (χ0n) is 10.2. The number of nitrogens with two attached hydrogens (primary N) is 1. The predicted octanol–water partition coefficient (Wildman–Crippen LogP) is 2.98. The van der Waals surface area contributed by atoms with E-state index in [2.05, 4.69) is 37.1 Å². The summed E-state index contributed by atoms with van der Waals surface area (Å²) >= 11 is 1.44. The first-order chi connectivity index (χ1) is 8.06. The van der Waals surface area contributed by atoms with E-state index in [0.29, 0.717) is 11.2 Å². The molecule has 0 aliphatic rings. The summed E-state index contributed by atoms with van der Waals surface area (Å²) in [6.45, 7) is 6.28. The first-order valence-electron chi connectivity index (χ1n) is 5.51. The molecule has 0 unspecified atom stereocenters. The number of rotatable bonds is 3. The zero-order valence-corrected chi connectivity index (χ0v) is 11.0. The third-order valence-corrected chi connectivity index (χ3v) is 3.13. The molecule has 2 aromatic rings. The number of hydrogen-bond donors (Lipinski definition) is 1. The maximum absolute atomic E-state index is 5.58. The minimum atomic E-state index is 0.380. The maximum atomic E-state index is 5.58. The smallest absolute Gasteiger partial charge is 0.180 e. The summed E-state index contributed by atoms with van der Waals surface area (Å²) in [4.78, 5) is 4.17. The van der Waals surface area contributed by atoms with Crippen LogP contribution in [0.4, 0.5) is 5.13 Å². The van der Waals surface area contributed by atoms with Crippen molar-refractivity contribution in [3.8, 4) is 0 Å². The second-order valence-electron chi connectivity index (χ2n) is 4.22. The van der Waals surface area contributed by atoms with E-state index in [0.717, 1.165) is 17.0 Å². The molecule has 4 nitrogen and oxygen atoms in total. The molecule has 2 rings (SSSR count). The van der Waals surface area contributed by atoms with E-state index in [-0.39, 0.29) is 0 Å². The predicted molar refractivity (Wildman–Crippen MR) is 72.8 cm³/mol. The lowest BCUT2D eigenvalue weighted by molar-refractivity contribution is 0.531.